The lowest BCUT2D eigenvalue weighted by Gasteiger charge is -2.11. The average Bonchev–Trinajstić information content (AvgIpc) is 2.62. The average molecular weight is 332 g/mol. The number of aromatic nitrogens is 3. The Kier molecular flexibility index (Phi) is 3.50. The van der Waals surface area contributed by atoms with Crippen molar-refractivity contribution >= 4 is 16.7 Å². The number of rotatable bonds is 2. The number of anilines is 1. The summed E-state index contributed by atoms with van der Waals surface area (Å²) in [7, 11) is 0. The van der Waals surface area contributed by atoms with Crippen LogP contribution in [0.15, 0.2) is 61.1 Å². The van der Waals surface area contributed by atoms with E-state index in [0.29, 0.717) is 33.5 Å². The van der Waals surface area contributed by atoms with E-state index in [1.165, 1.54) is 12.4 Å². The molecule has 0 unspecified atom stereocenters. The number of phenolic OH excluding ortho intramolecular Hbond substituents is 1. The predicted molar refractivity (Wildman–Crippen MR) is 94.2 cm³/mol. The number of benzene rings is 2. The van der Waals surface area contributed by atoms with E-state index in [0.717, 1.165) is 11.8 Å². The molecule has 0 saturated carbocycles. The number of hydrogen-bond donors (Lipinski definition) is 2. The first-order valence-corrected chi connectivity index (χ1v) is 7.57. The van der Waals surface area contributed by atoms with Gasteiger partial charge in [-0.25, -0.2) is 14.4 Å². The molecule has 2 aromatic carbocycles. The molecule has 4 rings (SSSR count). The molecule has 0 spiro atoms. The van der Waals surface area contributed by atoms with Crippen LogP contribution in [-0.2, 0) is 0 Å². The highest BCUT2D eigenvalue weighted by molar-refractivity contribution is 5.93. The van der Waals surface area contributed by atoms with E-state index in [4.69, 9.17) is 5.73 Å². The number of phenols is 1. The number of hydrogen-bond acceptors (Lipinski definition) is 5. The van der Waals surface area contributed by atoms with Crippen LogP contribution >= 0.6 is 0 Å². The minimum absolute atomic E-state index is 0.116. The van der Waals surface area contributed by atoms with E-state index in [9.17, 15) is 9.50 Å². The fourth-order valence-corrected chi connectivity index (χ4v) is 2.79. The Morgan fingerprint density at radius 2 is 1.80 bits per heavy atom. The monoisotopic (exact) mass is 332 g/mol. The summed E-state index contributed by atoms with van der Waals surface area (Å²) in [5.74, 6) is 0.0251. The van der Waals surface area contributed by atoms with Gasteiger partial charge in [-0.15, -0.1) is 0 Å². The molecule has 6 heteroatoms. The zero-order chi connectivity index (χ0) is 17.4. The summed E-state index contributed by atoms with van der Waals surface area (Å²) >= 11 is 0. The van der Waals surface area contributed by atoms with Gasteiger partial charge in [0.05, 0.1) is 17.4 Å². The van der Waals surface area contributed by atoms with Gasteiger partial charge in [0, 0.05) is 16.5 Å². The van der Waals surface area contributed by atoms with Crippen molar-refractivity contribution in [2.45, 2.75) is 0 Å². The van der Waals surface area contributed by atoms with Gasteiger partial charge in [-0.05, 0) is 35.9 Å². The summed E-state index contributed by atoms with van der Waals surface area (Å²) in [5.41, 5.74) is 9.21. The highest BCUT2D eigenvalue weighted by atomic mass is 19.1. The number of nitrogens with zero attached hydrogens (tertiary/aromatic N) is 3. The molecule has 0 aliphatic rings. The molecule has 2 aromatic heterocycles. The maximum Gasteiger partial charge on any atom is 0.142 e. The SMILES string of the molecule is Nc1ncnc2ccc(-c3cc(F)cnc3-c3cccc(O)c3)cc12. The van der Waals surface area contributed by atoms with Crippen LogP contribution in [0.25, 0.3) is 33.3 Å². The van der Waals surface area contributed by atoms with Crippen molar-refractivity contribution in [2.75, 3.05) is 5.73 Å². The van der Waals surface area contributed by atoms with Crippen LogP contribution in [0.2, 0.25) is 0 Å². The van der Waals surface area contributed by atoms with Gasteiger partial charge in [0.1, 0.15) is 23.7 Å². The van der Waals surface area contributed by atoms with E-state index in [2.05, 4.69) is 15.0 Å². The van der Waals surface area contributed by atoms with Gasteiger partial charge in [0.25, 0.3) is 0 Å². The zero-order valence-corrected chi connectivity index (χ0v) is 13.0. The first-order chi connectivity index (χ1) is 12.1. The molecule has 0 amide bonds. The fraction of sp³-hybridized carbons (Fsp3) is 0. The Morgan fingerprint density at radius 1 is 0.920 bits per heavy atom. The Balaban J connectivity index is 1.96. The first-order valence-electron chi connectivity index (χ1n) is 7.57. The quantitative estimate of drug-likeness (QED) is 0.583. The molecule has 122 valence electrons. The normalized spacial score (nSPS) is 10.9. The van der Waals surface area contributed by atoms with Crippen LogP contribution in [0.1, 0.15) is 0 Å². The number of nitrogens with two attached hydrogens (primary N) is 1. The molecule has 2 heterocycles. The topological polar surface area (TPSA) is 84.9 Å². The van der Waals surface area contributed by atoms with Gasteiger partial charge in [0.15, 0.2) is 0 Å². The lowest BCUT2D eigenvalue weighted by atomic mass is 9.98. The van der Waals surface area contributed by atoms with Crippen LogP contribution in [0.5, 0.6) is 5.75 Å². The summed E-state index contributed by atoms with van der Waals surface area (Å²) in [4.78, 5) is 12.4. The van der Waals surface area contributed by atoms with Gasteiger partial charge in [-0.1, -0.05) is 18.2 Å². The number of pyridine rings is 1. The third kappa shape index (κ3) is 2.74. The molecule has 3 N–H and O–H groups in total. The second-order valence-electron chi connectivity index (χ2n) is 5.59. The number of halogens is 1. The Morgan fingerprint density at radius 3 is 2.64 bits per heavy atom. The Bertz CT molecular complexity index is 1100. The molecule has 0 aliphatic carbocycles. The van der Waals surface area contributed by atoms with E-state index >= 15 is 0 Å². The molecule has 0 bridgehead atoms. The second-order valence-corrected chi connectivity index (χ2v) is 5.59. The van der Waals surface area contributed by atoms with Gasteiger partial charge >= 0.3 is 0 Å². The predicted octanol–water partition coefficient (Wildman–Crippen LogP) is 3.79. The van der Waals surface area contributed by atoms with Gasteiger partial charge in [-0.3, -0.25) is 4.98 Å². The number of aromatic hydroxyl groups is 1. The van der Waals surface area contributed by atoms with Crippen molar-refractivity contribution in [1.29, 1.82) is 0 Å². The smallest absolute Gasteiger partial charge is 0.142 e. The third-order valence-corrected chi connectivity index (χ3v) is 3.95. The number of nitrogen functional groups attached to an aromatic ring is 1. The van der Waals surface area contributed by atoms with E-state index in [1.807, 2.05) is 18.2 Å². The summed E-state index contributed by atoms with van der Waals surface area (Å²) in [6, 6.07) is 13.5. The van der Waals surface area contributed by atoms with Crippen LogP contribution in [-0.4, -0.2) is 20.1 Å². The van der Waals surface area contributed by atoms with Crippen molar-refractivity contribution in [1.82, 2.24) is 15.0 Å². The van der Waals surface area contributed by atoms with Crippen LogP contribution < -0.4 is 5.73 Å². The molecular weight excluding hydrogens is 319 g/mol. The highest BCUT2D eigenvalue weighted by Gasteiger charge is 2.13. The molecule has 25 heavy (non-hydrogen) atoms. The maximum atomic E-state index is 13.9. The summed E-state index contributed by atoms with van der Waals surface area (Å²) < 4.78 is 13.9. The van der Waals surface area contributed by atoms with Crippen LogP contribution in [0.4, 0.5) is 10.2 Å². The van der Waals surface area contributed by atoms with Crippen molar-refractivity contribution in [3.63, 3.8) is 0 Å². The lowest BCUT2D eigenvalue weighted by Crippen LogP contribution is -1.95. The summed E-state index contributed by atoms with van der Waals surface area (Å²) in [6.07, 6.45) is 2.56. The molecule has 0 aliphatic heterocycles. The molecular formula is C19H13FN4O. The van der Waals surface area contributed by atoms with Crippen molar-refractivity contribution in [3.8, 4) is 28.1 Å². The summed E-state index contributed by atoms with van der Waals surface area (Å²) in [5, 5.41) is 10.4. The Labute approximate surface area is 142 Å². The standard InChI is InChI=1S/C19H13FN4O/c20-13-8-15(18(22-9-13)12-2-1-3-14(25)6-12)11-4-5-17-16(7-11)19(21)24-10-23-17/h1-10,25H,(H2,21,23,24). The molecule has 0 fully saturated rings. The van der Waals surface area contributed by atoms with Gasteiger partial charge < -0.3 is 10.8 Å². The van der Waals surface area contributed by atoms with E-state index in [-0.39, 0.29) is 5.75 Å². The minimum atomic E-state index is -0.448. The Hall–Kier alpha value is -3.54. The fourth-order valence-electron chi connectivity index (χ4n) is 2.79. The van der Waals surface area contributed by atoms with Crippen LogP contribution in [0, 0.1) is 5.82 Å². The molecule has 0 atom stereocenters. The molecule has 0 saturated heterocycles. The van der Waals surface area contributed by atoms with Crippen molar-refractivity contribution < 1.29 is 9.50 Å². The molecule has 4 aromatic rings. The van der Waals surface area contributed by atoms with Crippen molar-refractivity contribution in [3.05, 3.63) is 66.9 Å². The lowest BCUT2D eigenvalue weighted by molar-refractivity contribution is 0.475. The number of fused-ring (bicyclic) bond motifs is 1. The van der Waals surface area contributed by atoms with E-state index in [1.54, 1.807) is 24.3 Å². The molecule has 0 radical (unpaired) electrons. The van der Waals surface area contributed by atoms with Crippen molar-refractivity contribution in [2.24, 2.45) is 0 Å². The second kappa shape index (κ2) is 5.83. The molecule has 5 nitrogen and oxygen atoms in total. The summed E-state index contributed by atoms with van der Waals surface area (Å²) in [6.45, 7) is 0. The highest BCUT2D eigenvalue weighted by Crippen LogP contribution is 2.34. The largest absolute Gasteiger partial charge is 0.508 e. The maximum absolute atomic E-state index is 13.9. The van der Waals surface area contributed by atoms with Crippen LogP contribution in [0.3, 0.4) is 0 Å². The first kappa shape index (κ1) is 15.0. The van der Waals surface area contributed by atoms with E-state index < -0.39 is 5.82 Å². The van der Waals surface area contributed by atoms with Gasteiger partial charge in [0.2, 0.25) is 0 Å². The van der Waals surface area contributed by atoms with Gasteiger partial charge in [-0.2, -0.15) is 0 Å². The minimum Gasteiger partial charge on any atom is -0.508 e. The zero-order valence-electron chi connectivity index (χ0n) is 13.0. The third-order valence-electron chi connectivity index (χ3n) is 3.95.